The lowest BCUT2D eigenvalue weighted by atomic mass is 10.1. The standard InChI is InChI=1S/C13H24N2O3/c1-4-5-6-11(12(16)17)14-13(18)15(3)9(2)10-7-8-10/h9-11H,4-8H2,1-3H3,(H,14,18)(H,16,17)/t9?,11-/m0/s1. The van der Waals surface area contributed by atoms with E-state index >= 15 is 0 Å². The van der Waals surface area contributed by atoms with E-state index in [-0.39, 0.29) is 12.1 Å². The number of urea groups is 1. The lowest BCUT2D eigenvalue weighted by Crippen LogP contribution is -2.49. The van der Waals surface area contributed by atoms with E-state index < -0.39 is 12.0 Å². The SMILES string of the molecule is CCCC[C@H](NC(=O)N(C)C(C)C1CC1)C(=O)O. The zero-order chi connectivity index (χ0) is 13.7. The molecule has 0 spiro atoms. The van der Waals surface area contributed by atoms with Gasteiger partial charge in [-0.25, -0.2) is 9.59 Å². The number of carboxylic acids is 1. The van der Waals surface area contributed by atoms with Crippen LogP contribution in [0.25, 0.3) is 0 Å². The van der Waals surface area contributed by atoms with Crippen LogP contribution in [-0.4, -0.2) is 41.1 Å². The molecule has 2 amide bonds. The number of rotatable bonds is 7. The fourth-order valence-electron chi connectivity index (χ4n) is 2.00. The number of nitrogens with one attached hydrogen (secondary N) is 1. The van der Waals surface area contributed by atoms with Crippen molar-refractivity contribution in [2.75, 3.05) is 7.05 Å². The molecule has 104 valence electrons. The van der Waals surface area contributed by atoms with Crippen molar-refractivity contribution in [3.8, 4) is 0 Å². The molecule has 0 heterocycles. The smallest absolute Gasteiger partial charge is 0.326 e. The van der Waals surface area contributed by atoms with Gasteiger partial charge in [0.25, 0.3) is 0 Å². The van der Waals surface area contributed by atoms with Crippen LogP contribution in [0.15, 0.2) is 0 Å². The Morgan fingerprint density at radius 3 is 2.50 bits per heavy atom. The van der Waals surface area contributed by atoms with Gasteiger partial charge in [0.05, 0.1) is 0 Å². The summed E-state index contributed by atoms with van der Waals surface area (Å²) in [6.07, 6.45) is 4.55. The molecule has 0 aliphatic heterocycles. The predicted molar refractivity (Wildman–Crippen MR) is 69.4 cm³/mol. The Morgan fingerprint density at radius 1 is 1.44 bits per heavy atom. The highest BCUT2D eigenvalue weighted by atomic mass is 16.4. The highest BCUT2D eigenvalue weighted by Crippen LogP contribution is 2.34. The van der Waals surface area contributed by atoms with Crippen molar-refractivity contribution < 1.29 is 14.7 Å². The largest absolute Gasteiger partial charge is 0.480 e. The number of hydrogen-bond donors (Lipinski definition) is 2. The van der Waals surface area contributed by atoms with Crippen LogP contribution >= 0.6 is 0 Å². The van der Waals surface area contributed by atoms with E-state index in [9.17, 15) is 9.59 Å². The third-order valence-corrected chi connectivity index (χ3v) is 3.68. The molecule has 0 radical (unpaired) electrons. The second kappa shape index (κ2) is 6.61. The van der Waals surface area contributed by atoms with E-state index in [1.54, 1.807) is 11.9 Å². The molecule has 0 aromatic rings. The van der Waals surface area contributed by atoms with Crippen LogP contribution < -0.4 is 5.32 Å². The van der Waals surface area contributed by atoms with E-state index in [0.717, 1.165) is 25.7 Å². The summed E-state index contributed by atoms with van der Waals surface area (Å²) in [5, 5.41) is 11.7. The monoisotopic (exact) mass is 256 g/mol. The van der Waals surface area contributed by atoms with Crippen LogP contribution in [0.3, 0.4) is 0 Å². The van der Waals surface area contributed by atoms with Crippen molar-refractivity contribution in [3.05, 3.63) is 0 Å². The fourth-order valence-corrected chi connectivity index (χ4v) is 2.00. The predicted octanol–water partition coefficient (Wildman–Crippen LogP) is 2.07. The molecule has 18 heavy (non-hydrogen) atoms. The van der Waals surface area contributed by atoms with E-state index in [0.29, 0.717) is 12.3 Å². The summed E-state index contributed by atoms with van der Waals surface area (Å²) in [7, 11) is 1.73. The first-order valence-electron chi connectivity index (χ1n) is 6.73. The lowest BCUT2D eigenvalue weighted by molar-refractivity contribution is -0.139. The fraction of sp³-hybridized carbons (Fsp3) is 0.846. The zero-order valence-corrected chi connectivity index (χ0v) is 11.5. The average Bonchev–Trinajstić information content (AvgIpc) is 3.15. The molecule has 0 aromatic heterocycles. The van der Waals surface area contributed by atoms with Gasteiger partial charge in [0.15, 0.2) is 0 Å². The molecule has 2 N–H and O–H groups in total. The van der Waals surface area contributed by atoms with Gasteiger partial charge in [-0.05, 0) is 32.1 Å². The number of carbonyl (C=O) groups excluding carboxylic acids is 1. The topological polar surface area (TPSA) is 69.6 Å². The van der Waals surface area contributed by atoms with Crippen molar-refractivity contribution in [3.63, 3.8) is 0 Å². The minimum absolute atomic E-state index is 0.186. The molecule has 1 aliphatic carbocycles. The molecule has 5 heteroatoms. The molecular weight excluding hydrogens is 232 g/mol. The minimum atomic E-state index is -0.954. The van der Waals surface area contributed by atoms with Crippen molar-refractivity contribution in [2.24, 2.45) is 5.92 Å². The summed E-state index contributed by atoms with van der Waals surface area (Å²) >= 11 is 0. The van der Waals surface area contributed by atoms with Gasteiger partial charge in [-0.15, -0.1) is 0 Å². The number of hydrogen-bond acceptors (Lipinski definition) is 2. The molecule has 0 aromatic carbocycles. The van der Waals surface area contributed by atoms with E-state index in [2.05, 4.69) is 5.32 Å². The van der Waals surface area contributed by atoms with Gasteiger partial charge >= 0.3 is 12.0 Å². The highest BCUT2D eigenvalue weighted by molar-refractivity contribution is 5.82. The minimum Gasteiger partial charge on any atom is -0.480 e. The molecule has 0 bridgehead atoms. The molecule has 1 fully saturated rings. The Labute approximate surface area is 109 Å². The maximum absolute atomic E-state index is 11.9. The maximum atomic E-state index is 11.9. The molecule has 1 aliphatic rings. The van der Waals surface area contributed by atoms with Gasteiger partial charge in [0.1, 0.15) is 6.04 Å². The van der Waals surface area contributed by atoms with Crippen LogP contribution in [0.2, 0.25) is 0 Å². The summed E-state index contributed by atoms with van der Waals surface area (Å²) in [6.45, 7) is 4.01. The lowest BCUT2D eigenvalue weighted by Gasteiger charge is -2.26. The summed E-state index contributed by atoms with van der Waals surface area (Å²) in [6, 6.07) is -0.866. The highest BCUT2D eigenvalue weighted by Gasteiger charge is 2.33. The van der Waals surface area contributed by atoms with Crippen LogP contribution in [0.5, 0.6) is 0 Å². The van der Waals surface area contributed by atoms with Gasteiger partial charge in [0, 0.05) is 13.1 Å². The second-order valence-electron chi connectivity index (χ2n) is 5.17. The Morgan fingerprint density at radius 2 is 2.06 bits per heavy atom. The number of amides is 2. The van der Waals surface area contributed by atoms with Crippen molar-refractivity contribution in [1.29, 1.82) is 0 Å². The molecule has 1 unspecified atom stereocenters. The van der Waals surface area contributed by atoms with Gasteiger partial charge < -0.3 is 15.3 Å². The van der Waals surface area contributed by atoms with Gasteiger partial charge in [-0.2, -0.15) is 0 Å². The summed E-state index contributed by atoms with van der Waals surface area (Å²) in [4.78, 5) is 24.6. The van der Waals surface area contributed by atoms with Crippen LogP contribution in [0.4, 0.5) is 4.79 Å². The van der Waals surface area contributed by atoms with Crippen LogP contribution in [-0.2, 0) is 4.79 Å². The molecule has 1 saturated carbocycles. The van der Waals surface area contributed by atoms with Crippen molar-refractivity contribution >= 4 is 12.0 Å². The second-order valence-corrected chi connectivity index (χ2v) is 5.17. The average molecular weight is 256 g/mol. The van der Waals surface area contributed by atoms with Crippen LogP contribution in [0, 0.1) is 5.92 Å². The van der Waals surface area contributed by atoms with Gasteiger partial charge in [-0.1, -0.05) is 19.8 Å². The molecular formula is C13H24N2O3. The quantitative estimate of drug-likeness (QED) is 0.732. The third kappa shape index (κ3) is 4.20. The zero-order valence-electron chi connectivity index (χ0n) is 11.5. The van der Waals surface area contributed by atoms with Crippen molar-refractivity contribution in [1.82, 2.24) is 10.2 Å². The maximum Gasteiger partial charge on any atom is 0.326 e. The van der Waals surface area contributed by atoms with Gasteiger partial charge in [0.2, 0.25) is 0 Å². The summed E-state index contributed by atoms with van der Waals surface area (Å²) in [5.74, 6) is -0.371. The van der Waals surface area contributed by atoms with Crippen molar-refractivity contribution in [2.45, 2.75) is 58.0 Å². The van der Waals surface area contributed by atoms with E-state index in [4.69, 9.17) is 5.11 Å². The Hall–Kier alpha value is -1.26. The first-order chi connectivity index (χ1) is 8.47. The normalized spacial score (nSPS) is 17.9. The first-order valence-corrected chi connectivity index (χ1v) is 6.73. The molecule has 5 nitrogen and oxygen atoms in total. The molecule has 0 saturated heterocycles. The van der Waals surface area contributed by atoms with Crippen LogP contribution in [0.1, 0.15) is 46.0 Å². The molecule has 1 rings (SSSR count). The Balaban J connectivity index is 2.46. The summed E-state index contributed by atoms with van der Waals surface area (Å²) in [5.41, 5.74) is 0. The Bertz CT molecular complexity index is 303. The third-order valence-electron chi connectivity index (χ3n) is 3.68. The summed E-state index contributed by atoms with van der Waals surface area (Å²) < 4.78 is 0. The number of carbonyl (C=O) groups is 2. The number of unbranched alkanes of at least 4 members (excludes halogenated alkanes) is 1. The first kappa shape index (κ1) is 14.8. The van der Waals surface area contributed by atoms with Gasteiger partial charge in [-0.3, -0.25) is 0 Å². The Kier molecular flexibility index (Phi) is 5.44. The number of aliphatic carboxylic acids is 1. The molecule has 2 atom stereocenters. The number of nitrogens with zero attached hydrogens (tertiary/aromatic N) is 1. The van der Waals surface area contributed by atoms with E-state index in [1.807, 2.05) is 13.8 Å². The van der Waals surface area contributed by atoms with E-state index in [1.165, 1.54) is 0 Å². The number of carboxylic acid groups (broad SMARTS) is 1.